The van der Waals surface area contributed by atoms with Gasteiger partial charge in [-0.15, -0.1) is 11.8 Å². The summed E-state index contributed by atoms with van der Waals surface area (Å²) in [5.41, 5.74) is 1.11. The van der Waals surface area contributed by atoms with Crippen LogP contribution in [0.15, 0.2) is 41.3 Å². The molecule has 1 aromatic rings. The number of rotatable bonds is 1. The molecule has 0 radical (unpaired) electrons. The van der Waals surface area contributed by atoms with Crippen LogP contribution in [0.25, 0.3) is 0 Å². The van der Waals surface area contributed by atoms with Crippen molar-refractivity contribution in [1.29, 1.82) is 0 Å². The SMILES string of the molecule is CC1CCN(C(=O)C2CC=CCC2)c2ccccc2S1. The van der Waals surface area contributed by atoms with Crippen molar-refractivity contribution in [3.63, 3.8) is 0 Å². The van der Waals surface area contributed by atoms with E-state index in [9.17, 15) is 4.79 Å². The number of amides is 1. The Morgan fingerprint density at radius 3 is 2.90 bits per heavy atom. The number of para-hydroxylation sites is 1. The Kier molecular flexibility index (Phi) is 4.16. The van der Waals surface area contributed by atoms with E-state index >= 15 is 0 Å². The van der Waals surface area contributed by atoms with E-state index < -0.39 is 0 Å². The molecule has 2 atom stereocenters. The predicted octanol–water partition coefficient (Wildman–Crippen LogP) is 4.26. The van der Waals surface area contributed by atoms with Crippen molar-refractivity contribution >= 4 is 23.4 Å². The lowest BCUT2D eigenvalue weighted by Gasteiger charge is -2.28. The minimum atomic E-state index is 0.173. The normalized spacial score (nSPS) is 25.9. The Bertz CT molecular complexity index is 525. The van der Waals surface area contributed by atoms with Gasteiger partial charge in [0.15, 0.2) is 0 Å². The molecule has 1 aliphatic carbocycles. The number of benzene rings is 1. The van der Waals surface area contributed by atoms with Crippen LogP contribution in [-0.2, 0) is 4.79 Å². The van der Waals surface area contributed by atoms with Crippen molar-refractivity contribution in [3.8, 4) is 0 Å². The molecule has 2 aliphatic rings. The number of allylic oxidation sites excluding steroid dienone is 2. The van der Waals surface area contributed by atoms with Gasteiger partial charge in [0.05, 0.1) is 5.69 Å². The lowest BCUT2D eigenvalue weighted by atomic mass is 9.93. The predicted molar refractivity (Wildman–Crippen MR) is 85.2 cm³/mol. The van der Waals surface area contributed by atoms with Crippen molar-refractivity contribution in [2.75, 3.05) is 11.4 Å². The Labute approximate surface area is 125 Å². The summed E-state index contributed by atoms with van der Waals surface area (Å²) in [6.45, 7) is 3.10. The fourth-order valence-electron chi connectivity index (χ4n) is 2.95. The Hall–Kier alpha value is -1.22. The molecule has 3 rings (SSSR count). The molecule has 0 N–H and O–H groups in total. The van der Waals surface area contributed by atoms with Gasteiger partial charge in [0, 0.05) is 22.6 Å². The molecule has 20 heavy (non-hydrogen) atoms. The summed E-state index contributed by atoms with van der Waals surface area (Å²) in [6.07, 6.45) is 8.35. The number of hydrogen-bond acceptors (Lipinski definition) is 2. The number of fused-ring (bicyclic) bond motifs is 1. The van der Waals surface area contributed by atoms with Crippen LogP contribution in [0.2, 0.25) is 0 Å². The first kappa shape index (κ1) is 13.7. The van der Waals surface area contributed by atoms with E-state index in [-0.39, 0.29) is 5.92 Å². The third-order valence-electron chi connectivity index (χ3n) is 4.13. The standard InChI is InChI=1S/C17H21NOS/c1-13-11-12-18(15-9-5-6-10-16(15)20-13)17(19)14-7-3-2-4-8-14/h2-3,5-6,9-10,13-14H,4,7-8,11-12H2,1H3. The smallest absolute Gasteiger partial charge is 0.230 e. The van der Waals surface area contributed by atoms with E-state index in [1.807, 2.05) is 22.7 Å². The molecule has 1 aromatic carbocycles. The fourth-order valence-corrected chi connectivity index (χ4v) is 4.07. The summed E-state index contributed by atoms with van der Waals surface area (Å²) in [5.74, 6) is 0.489. The summed E-state index contributed by atoms with van der Waals surface area (Å²) in [5, 5.41) is 0.570. The molecule has 1 heterocycles. The first-order chi connectivity index (χ1) is 9.75. The van der Waals surface area contributed by atoms with E-state index in [1.165, 1.54) is 4.90 Å². The van der Waals surface area contributed by atoms with Crippen LogP contribution in [0.4, 0.5) is 5.69 Å². The minimum Gasteiger partial charge on any atom is -0.311 e. The van der Waals surface area contributed by atoms with Crippen LogP contribution in [0.3, 0.4) is 0 Å². The van der Waals surface area contributed by atoms with Gasteiger partial charge in [-0.1, -0.05) is 31.2 Å². The highest BCUT2D eigenvalue weighted by molar-refractivity contribution is 8.00. The van der Waals surface area contributed by atoms with Gasteiger partial charge in [-0.05, 0) is 37.8 Å². The molecule has 106 valence electrons. The van der Waals surface area contributed by atoms with Crippen LogP contribution < -0.4 is 4.90 Å². The monoisotopic (exact) mass is 287 g/mol. The summed E-state index contributed by atoms with van der Waals surface area (Å²) in [6, 6.07) is 8.34. The van der Waals surface area contributed by atoms with Crippen molar-refractivity contribution < 1.29 is 4.79 Å². The van der Waals surface area contributed by atoms with Crippen molar-refractivity contribution in [2.24, 2.45) is 5.92 Å². The first-order valence-corrected chi connectivity index (χ1v) is 8.35. The maximum atomic E-state index is 12.9. The molecule has 0 saturated carbocycles. The molecule has 1 amide bonds. The van der Waals surface area contributed by atoms with Gasteiger partial charge in [0.2, 0.25) is 5.91 Å². The van der Waals surface area contributed by atoms with Gasteiger partial charge in [-0.3, -0.25) is 4.79 Å². The average Bonchev–Trinajstić information content (AvgIpc) is 2.66. The van der Waals surface area contributed by atoms with Crippen LogP contribution in [-0.4, -0.2) is 17.7 Å². The second-order valence-electron chi connectivity index (χ2n) is 5.66. The molecular formula is C17H21NOS. The molecule has 0 fully saturated rings. The van der Waals surface area contributed by atoms with E-state index in [1.54, 1.807) is 0 Å². The van der Waals surface area contributed by atoms with Gasteiger partial charge >= 0.3 is 0 Å². The third-order valence-corrected chi connectivity index (χ3v) is 5.36. The van der Waals surface area contributed by atoms with E-state index in [0.717, 1.165) is 37.9 Å². The fraction of sp³-hybridized carbons (Fsp3) is 0.471. The topological polar surface area (TPSA) is 20.3 Å². The van der Waals surface area contributed by atoms with Crippen LogP contribution in [0.1, 0.15) is 32.6 Å². The van der Waals surface area contributed by atoms with E-state index in [4.69, 9.17) is 0 Å². The van der Waals surface area contributed by atoms with Crippen molar-refractivity contribution in [2.45, 2.75) is 42.8 Å². The highest BCUT2D eigenvalue weighted by Crippen LogP contribution is 2.38. The minimum absolute atomic E-state index is 0.173. The number of carbonyl (C=O) groups is 1. The first-order valence-electron chi connectivity index (χ1n) is 7.48. The van der Waals surface area contributed by atoms with Gasteiger partial charge in [0.1, 0.15) is 0 Å². The number of carbonyl (C=O) groups excluding carboxylic acids is 1. The second kappa shape index (κ2) is 6.04. The zero-order chi connectivity index (χ0) is 13.9. The number of thioether (sulfide) groups is 1. The van der Waals surface area contributed by atoms with Crippen LogP contribution in [0, 0.1) is 5.92 Å². The third kappa shape index (κ3) is 2.78. The van der Waals surface area contributed by atoms with Crippen LogP contribution >= 0.6 is 11.8 Å². The molecule has 0 spiro atoms. The van der Waals surface area contributed by atoms with Crippen LogP contribution in [0.5, 0.6) is 0 Å². The Morgan fingerprint density at radius 2 is 2.10 bits per heavy atom. The maximum absolute atomic E-state index is 12.9. The quantitative estimate of drug-likeness (QED) is 0.719. The number of nitrogens with zero attached hydrogens (tertiary/aromatic N) is 1. The van der Waals surface area contributed by atoms with Crippen molar-refractivity contribution in [3.05, 3.63) is 36.4 Å². The molecular weight excluding hydrogens is 266 g/mol. The van der Waals surface area contributed by atoms with E-state index in [0.29, 0.717) is 11.2 Å². The molecule has 2 unspecified atom stereocenters. The largest absolute Gasteiger partial charge is 0.311 e. The maximum Gasteiger partial charge on any atom is 0.230 e. The molecule has 0 bridgehead atoms. The summed E-state index contributed by atoms with van der Waals surface area (Å²) >= 11 is 1.89. The summed E-state index contributed by atoms with van der Waals surface area (Å²) in [7, 11) is 0. The average molecular weight is 287 g/mol. The van der Waals surface area contributed by atoms with Gasteiger partial charge in [-0.25, -0.2) is 0 Å². The number of anilines is 1. The van der Waals surface area contributed by atoms with Gasteiger partial charge < -0.3 is 4.90 Å². The van der Waals surface area contributed by atoms with Gasteiger partial charge in [0.25, 0.3) is 0 Å². The Morgan fingerprint density at radius 1 is 1.25 bits per heavy atom. The lowest BCUT2D eigenvalue weighted by Crippen LogP contribution is -2.37. The molecule has 3 heteroatoms. The molecule has 0 saturated heterocycles. The highest BCUT2D eigenvalue weighted by atomic mass is 32.2. The van der Waals surface area contributed by atoms with E-state index in [2.05, 4.69) is 37.3 Å². The number of hydrogen-bond donors (Lipinski definition) is 0. The van der Waals surface area contributed by atoms with Gasteiger partial charge in [-0.2, -0.15) is 0 Å². The Balaban J connectivity index is 1.88. The molecule has 0 aromatic heterocycles. The zero-order valence-electron chi connectivity index (χ0n) is 11.9. The van der Waals surface area contributed by atoms with Crippen molar-refractivity contribution in [1.82, 2.24) is 0 Å². The molecule has 2 nitrogen and oxygen atoms in total. The second-order valence-corrected chi connectivity index (χ2v) is 7.14. The zero-order valence-corrected chi connectivity index (χ0v) is 12.7. The molecule has 1 aliphatic heterocycles. The highest BCUT2D eigenvalue weighted by Gasteiger charge is 2.29. The lowest BCUT2D eigenvalue weighted by molar-refractivity contribution is -0.122. The summed E-state index contributed by atoms with van der Waals surface area (Å²) < 4.78 is 0. The summed E-state index contributed by atoms with van der Waals surface area (Å²) in [4.78, 5) is 16.1.